The average Bonchev–Trinajstić information content (AvgIpc) is 2.26. The van der Waals surface area contributed by atoms with E-state index in [1.807, 2.05) is 0 Å². The van der Waals surface area contributed by atoms with Gasteiger partial charge in [0, 0.05) is 38.8 Å². The van der Waals surface area contributed by atoms with E-state index < -0.39 is 0 Å². The summed E-state index contributed by atoms with van der Waals surface area (Å²) < 4.78 is 5.42. The van der Waals surface area contributed by atoms with Crippen molar-refractivity contribution in [2.45, 2.75) is 32.7 Å². The van der Waals surface area contributed by atoms with Crippen LogP contribution in [0, 0.1) is 11.8 Å². The maximum Gasteiger partial charge on any atom is 0.226 e. The van der Waals surface area contributed by atoms with Gasteiger partial charge in [-0.2, -0.15) is 0 Å². The Bertz CT molecular complexity index is 266. The van der Waals surface area contributed by atoms with Crippen LogP contribution in [0.25, 0.3) is 0 Å². The number of nitrogens with one attached hydrogen (secondary N) is 1. The number of carbonyl (C=O) groups is 1. The highest BCUT2D eigenvalue weighted by Gasteiger charge is 2.35. The Kier molecular flexibility index (Phi) is 4.40. The third-order valence-corrected chi connectivity index (χ3v) is 3.91. The van der Waals surface area contributed by atoms with Crippen LogP contribution in [-0.4, -0.2) is 49.7 Å². The Morgan fingerprint density at radius 3 is 2.76 bits per heavy atom. The highest BCUT2D eigenvalue weighted by atomic mass is 16.5. The normalized spacial score (nSPS) is 29.8. The molecule has 1 amide bonds. The van der Waals surface area contributed by atoms with Crippen molar-refractivity contribution < 1.29 is 9.53 Å². The minimum absolute atomic E-state index is 0.177. The second-order valence-electron chi connectivity index (χ2n) is 5.29. The summed E-state index contributed by atoms with van der Waals surface area (Å²) in [5.41, 5.74) is 0. The Labute approximate surface area is 104 Å². The molecule has 0 aliphatic carbocycles. The van der Waals surface area contributed by atoms with E-state index in [-0.39, 0.29) is 5.92 Å². The number of amides is 1. The zero-order chi connectivity index (χ0) is 12.3. The Morgan fingerprint density at radius 1 is 1.47 bits per heavy atom. The molecule has 2 fully saturated rings. The summed E-state index contributed by atoms with van der Waals surface area (Å²) in [6.07, 6.45) is 1.93. The second-order valence-corrected chi connectivity index (χ2v) is 5.29. The lowest BCUT2D eigenvalue weighted by Gasteiger charge is -2.41. The van der Waals surface area contributed by atoms with Crippen molar-refractivity contribution in [3.63, 3.8) is 0 Å². The lowest BCUT2D eigenvalue weighted by Crippen LogP contribution is -2.60. The molecule has 0 aromatic rings. The molecular formula is C13H24N2O2. The van der Waals surface area contributed by atoms with Crippen LogP contribution >= 0.6 is 0 Å². The van der Waals surface area contributed by atoms with Gasteiger partial charge >= 0.3 is 0 Å². The molecule has 2 heterocycles. The van der Waals surface area contributed by atoms with Gasteiger partial charge in [0.25, 0.3) is 0 Å². The number of carbonyl (C=O) groups excluding carboxylic acids is 1. The van der Waals surface area contributed by atoms with Crippen molar-refractivity contribution in [3.05, 3.63) is 0 Å². The third kappa shape index (κ3) is 2.80. The Hall–Kier alpha value is -0.610. The van der Waals surface area contributed by atoms with E-state index in [2.05, 4.69) is 24.1 Å². The molecule has 17 heavy (non-hydrogen) atoms. The van der Waals surface area contributed by atoms with Crippen LogP contribution in [0.15, 0.2) is 0 Å². The van der Waals surface area contributed by atoms with Crippen molar-refractivity contribution in [1.82, 2.24) is 10.2 Å². The first kappa shape index (κ1) is 12.8. The van der Waals surface area contributed by atoms with Gasteiger partial charge < -0.3 is 15.0 Å². The van der Waals surface area contributed by atoms with Gasteiger partial charge in [0.05, 0.1) is 6.04 Å². The monoisotopic (exact) mass is 240 g/mol. The summed E-state index contributed by atoms with van der Waals surface area (Å²) in [6, 6.07) is 0.428. The fourth-order valence-corrected chi connectivity index (χ4v) is 2.67. The molecule has 1 N–H and O–H groups in total. The SMILES string of the molecule is CCCN(C(=O)C1CCOCC1C)C1CNC1. The lowest BCUT2D eigenvalue weighted by atomic mass is 9.88. The van der Waals surface area contributed by atoms with Crippen LogP contribution in [0.5, 0.6) is 0 Å². The van der Waals surface area contributed by atoms with Gasteiger partial charge in [-0.25, -0.2) is 0 Å². The summed E-state index contributed by atoms with van der Waals surface area (Å²) in [5, 5.41) is 3.25. The maximum atomic E-state index is 12.6. The first-order valence-electron chi connectivity index (χ1n) is 6.83. The average molecular weight is 240 g/mol. The molecule has 0 radical (unpaired) electrons. The van der Waals surface area contributed by atoms with Crippen molar-refractivity contribution in [1.29, 1.82) is 0 Å². The second kappa shape index (κ2) is 5.83. The molecule has 2 aliphatic heterocycles. The molecule has 0 bridgehead atoms. The molecule has 2 rings (SSSR count). The van der Waals surface area contributed by atoms with Gasteiger partial charge in [0.2, 0.25) is 5.91 Å². The summed E-state index contributed by atoms with van der Waals surface area (Å²) in [7, 11) is 0. The van der Waals surface area contributed by atoms with Crippen molar-refractivity contribution in [3.8, 4) is 0 Å². The van der Waals surface area contributed by atoms with E-state index in [9.17, 15) is 4.79 Å². The van der Waals surface area contributed by atoms with E-state index in [0.717, 1.165) is 45.7 Å². The lowest BCUT2D eigenvalue weighted by molar-refractivity contribution is -0.144. The maximum absolute atomic E-state index is 12.6. The summed E-state index contributed by atoms with van der Waals surface area (Å²) in [4.78, 5) is 14.7. The van der Waals surface area contributed by atoms with Gasteiger partial charge in [0.15, 0.2) is 0 Å². The molecule has 0 aromatic heterocycles. The number of hydrogen-bond donors (Lipinski definition) is 1. The molecule has 2 atom stereocenters. The largest absolute Gasteiger partial charge is 0.381 e. The molecule has 4 heteroatoms. The number of hydrogen-bond acceptors (Lipinski definition) is 3. The quantitative estimate of drug-likeness (QED) is 0.793. The minimum Gasteiger partial charge on any atom is -0.381 e. The van der Waals surface area contributed by atoms with Crippen LogP contribution in [0.2, 0.25) is 0 Å². The number of nitrogens with zero attached hydrogens (tertiary/aromatic N) is 1. The highest BCUT2D eigenvalue weighted by Crippen LogP contribution is 2.25. The van der Waals surface area contributed by atoms with Crippen molar-refractivity contribution in [2.75, 3.05) is 32.8 Å². The molecule has 0 aromatic carbocycles. The molecule has 4 nitrogen and oxygen atoms in total. The predicted octanol–water partition coefficient (Wildman–Crippen LogP) is 0.869. The van der Waals surface area contributed by atoms with Crippen LogP contribution < -0.4 is 5.32 Å². The minimum atomic E-state index is 0.177. The Balaban J connectivity index is 1.98. The predicted molar refractivity (Wildman–Crippen MR) is 66.8 cm³/mol. The third-order valence-electron chi connectivity index (χ3n) is 3.91. The zero-order valence-corrected chi connectivity index (χ0v) is 10.9. The first-order valence-corrected chi connectivity index (χ1v) is 6.83. The van der Waals surface area contributed by atoms with Gasteiger partial charge in [-0.3, -0.25) is 4.79 Å². The van der Waals surface area contributed by atoms with Crippen LogP contribution in [-0.2, 0) is 9.53 Å². The van der Waals surface area contributed by atoms with Crippen molar-refractivity contribution >= 4 is 5.91 Å². The standard InChI is InChI=1S/C13H24N2O2/c1-3-5-15(11-7-14-8-11)13(16)12-4-6-17-9-10(12)2/h10-12,14H,3-9H2,1-2H3. The van der Waals surface area contributed by atoms with E-state index in [0.29, 0.717) is 17.9 Å². The van der Waals surface area contributed by atoms with E-state index >= 15 is 0 Å². The van der Waals surface area contributed by atoms with Crippen LogP contribution in [0.1, 0.15) is 26.7 Å². The molecule has 2 aliphatic rings. The summed E-state index contributed by atoms with van der Waals surface area (Å²) >= 11 is 0. The highest BCUT2D eigenvalue weighted by molar-refractivity contribution is 5.79. The van der Waals surface area contributed by atoms with Gasteiger partial charge in [-0.05, 0) is 18.8 Å². The first-order chi connectivity index (χ1) is 8.24. The van der Waals surface area contributed by atoms with E-state index in [1.54, 1.807) is 0 Å². The number of rotatable bonds is 4. The molecule has 0 saturated carbocycles. The van der Waals surface area contributed by atoms with Crippen molar-refractivity contribution in [2.24, 2.45) is 11.8 Å². The molecule has 2 unspecified atom stereocenters. The smallest absolute Gasteiger partial charge is 0.226 e. The molecule has 0 spiro atoms. The van der Waals surface area contributed by atoms with E-state index in [4.69, 9.17) is 4.74 Å². The molecule has 98 valence electrons. The summed E-state index contributed by atoms with van der Waals surface area (Å²) in [6.45, 7) is 8.56. The fraction of sp³-hybridized carbons (Fsp3) is 0.923. The van der Waals surface area contributed by atoms with E-state index in [1.165, 1.54) is 0 Å². The van der Waals surface area contributed by atoms with Gasteiger partial charge in [0.1, 0.15) is 0 Å². The summed E-state index contributed by atoms with van der Waals surface area (Å²) in [5.74, 6) is 0.897. The zero-order valence-electron chi connectivity index (χ0n) is 10.9. The molecular weight excluding hydrogens is 216 g/mol. The van der Waals surface area contributed by atoms with Crippen LogP contribution in [0.4, 0.5) is 0 Å². The Morgan fingerprint density at radius 2 is 2.24 bits per heavy atom. The topological polar surface area (TPSA) is 41.6 Å². The molecule has 2 saturated heterocycles. The number of ether oxygens (including phenoxy) is 1. The van der Waals surface area contributed by atoms with Crippen LogP contribution in [0.3, 0.4) is 0 Å². The van der Waals surface area contributed by atoms with Gasteiger partial charge in [-0.15, -0.1) is 0 Å². The fourth-order valence-electron chi connectivity index (χ4n) is 2.67. The van der Waals surface area contributed by atoms with Gasteiger partial charge in [-0.1, -0.05) is 13.8 Å².